The minimum absolute atomic E-state index is 0.00761. The maximum absolute atomic E-state index is 13.0. The molecule has 0 N–H and O–H groups in total. The largest absolute Gasteiger partial charge is 0.496 e. The van der Waals surface area contributed by atoms with Crippen molar-refractivity contribution in [1.82, 2.24) is 4.90 Å². The van der Waals surface area contributed by atoms with Gasteiger partial charge in [0, 0.05) is 43.1 Å². The first-order valence-corrected chi connectivity index (χ1v) is 7.45. The highest BCUT2D eigenvalue weighted by Gasteiger charge is 2.33. The number of hydrogen-bond donors (Lipinski definition) is 0. The average Bonchev–Trinajstić information content (AvgIpc) is 2.41. The van der Waals surface area contributed by atoms with E-state index in [1.807, 2.05) is 24.3 Å². The van der Waals surface area contributed by atoms with Crippen LogP contribution in [-0.4, -0.2) is 43.3 Å². The molecule has 0 saturated carbocycles. The quantitative estimate of drug-likeness (QED) is 0.769. The number of alkyl halides is 2. The predicted octanol–water partition coefficient (Wildman–Crippen LogP) is 3.52. The van der Waals surface area contributed by atoms with Crippen LogP contribution >= 0.6 is 11.8 Å². The summed E-state index contributed by atoms with van der Waals surface area (Å²) in [6.45, 7) is 1.85. The Labute approximate surface area is 117 Å². The third kappa shape index (κ3) is 4.35. The van der Waals surface area contributed by atoms with E-state index in [9.17, 15) is 8.78 Å². The number of thioether (sulfide) groups is 1. The van der Waals surface area contributed by atoms with E-state index in [1.54, 1.807) is 18.9 Å². The van der Waals surface area contributed by atoms with Gasteiger partial charge in [0.05, 0.1) is 7.11 Å². The zero-order valence-electron chi connectivity index (χ0n) is 11.1. The van der Waals surface area contributed by atoms with E-state index in [4.69, 9.17) is 4.74 Å². The van der Waals surface area contributed by atoms with Crippen LogP contribution in [0.4, 0.5) is 8.78 Å². The molecular weight excluding hydrogens is 268 g/mol. The number of ether oxygens (including phenoxy) is 1. The predicted molar refractivity (Wildman–Crippen MR) is 74.3 cm³/mol. The minimum Gasteiger partial charge on any atom is -0.496 e. The second-order valence-corrected chi connectivity index (χ2v) is 5.83. The number of methoxy groups -OCH3 is 1. The highest BCUT2D eigenvalue weighted by Crippen LogP contribution is 2.30. The summed E-state index contributed by atoms with van der Waals surface area (Å²) in [7, 11) is 1.66. The number of rotatable bonds is 5. The van der Waals surface area contributed by atoms with Gasteiger partial charge in [-0.2, -0.15) is 0 Å². The lowest BCUT2D eigenvalue weighted by Crippen LogP contribution is -2.40. The van der Waals surface area contributed by atoms with Crippen LogP contribution in [0, 0.1) is 0 Å². The van der Waals surface area contributed by atoms with Crippen molar-refractivity contribution in [2.24, 2.45) is 0 Å². The summed E-state index contributed by atoms with van der Waals surface area (Å²) in [6, 6.07) is 7.87. The zero-order chi connectivity index (χ0) is 13.7. The van der Waals surface area contributed by atoms with Crippen molar-refractivity contribution in [2.75, 3.05) is 32.5 Å². The van der Waals surface area contributed by atoms with E-state index >= 15 is 0 Å². The van der Waals surface area contributed by atoms with E-state index < -0.39 is 5.92 Å². The number of nitrogens with zero attached hydrogens (tertiary/aromatic N) is 1. The van der Waals surface area contributed by atoms with Gasteiger partial charge in [-0.05, 0) is 12.1 Å². The fourth-order valence-corrected chi connectivity index (χ4v) is 3.16. The summed E-state index contributed by atoms with van der Waals surface area (Å²) < 4.78 is 31.3. The van der Waals surface area contributed by atoms with Gasteiger partial charge < -0.3 is 9.64 Å². The molecule has 1 saturated heterocycles. The van der Waals surface area contributed by atoms with Gasteiger partial charge in [0.1, 0.15) is 5.75 Å². The lowest BCUT2D eigenvalue weighted by molar-refractivity contribution is -0.0539. The van der Waals surface area contributed by atoms with E-state index in [0.29, 0.717) is 13.1 Å². The number of likely N-dealkylation sites (tertiary alicyclic amines) is 1. The Morgan fingerprint density at radius 1 is 1.26 bits per heavy atom. The van der Waals surface area contributed by atoms with Gasteiger partial charge in [-0.25, -0.2) is 8.78 Å². The van der Waals surface area contributed by atoms with Gasteiger partial charge in [0.15, 0.2) is 0 Å². The lowest BCUT2D eigenvalue weighted by atomic mass is 10.1. The Morgan fingerprint density at radius 2 is 1.95 bits per heavy atom. The van der Waals surface area contributed by atoms with Crippen molar-refractivity contribution in [3.8, 4) is 5.75 Å². The molecule has 19 heavy (non-hydrogen) atoms. The standard InChI is InChI=1S/C14H19F2NOS/c1-18-12-4-2-3-5-13(12)19-11-10-17-8-6-14(15,16)7-9-17/h2-5H,6-11H2,1H3. The van der Waals surface area contributed by atoms with Gasteiger partial charge >= 0.3 is 0 Å². The normalized spacial score (nSPS) is 19.3. The minimum atomic E-state index is -2.45. The van der Waals surface area contributed by atoms with Crippen LogP contribution in [0.5, 0.6) is 5.75 Å². The van der Waals surface area contributed by atoms with Crippen molar-refractivity contribution in [2.45, 2.75) is 23.7 Å². The van der Waals surface area contributed by atoms with E-state index in [2.05, 4.69) is 4.90 Å². The summed E-state index contributed by atoms with van der Waals surface area (Å²) >= 11 is 1.71. The summed E-state index contributed by atoms with van der Waals surface area (Å²) in [5.74, 6) is -0.684. The monoisotopic (exact) mass is 287 g/mol. The van der Waals surface area contributed by atoms with Crippen molar-refractivity contribution in [3.05, 3.63) is 24.3 Å². The highest BCUT2D eigenvalue weighted by atomic mass is 32.2. The first-order chi connectivity index (χ1) is 9.11. The number of halogens is 2. The molecular formula is C14H19F2NOS. The zero-order valence-corrected chi connectivity index (χ0v) is 11.9. The molecule has 1 fully saturated rings. The summed E-state index contributed by atoms with van der Waals surface area (Å²) in [5.41, 5.74) is 0. The van der Waals surface area contributed by atoms with Gasteiger partial charge in [-0.15, -0.1) is 11.8 Å². The summed E-state index contributed by atoms with van der Waals surface area (Å²) in [6.07, 6.45) is -0.0152. The summed E-state index contributed by atoms with van der Waals surface area (Å²) in [5, 5.41) is 0. The molecule has 1 heterocycles. The first-order valence-electron chi connectivity index (χ1n) is 6.47. The maximum Gasteiger partial charge on any atom is 0.250 e. The topological polar surface area (TPSA) is 12.5 Å². The molecule has 2 rings (SSSR count). The fraction of sp³-hybridized carbons (Fsp3) is 0.571. The number of benzene rings is 1. The second kappa shape index (κ2) is 6.57. The van der Waals surface area contributed by atoms with Crippen LogP contribution in [0.3, 0.4) is 0 Å². The Hall–Kier alpha value is -0.810. The molecule has 5 heteroatoms. The van der Waals surface area contributed by atoms with Crippen LogP contribution < -0.4 is 4.74 Å². The molecule has 1 aromatic carbocycles. The Bertz CT molecular complexity index is 404. The van der Waals surface area contributed by atoms with Crippen LogP contribution in [0.25, 0.3) is 0 Å². The highest BCUT2D eigenvalue weighted by molar-refractivity contribution is 7.99. The van der Waals surface area contributed by atoms with Crippen molar-refractivity contribution in [1.29, 1.82) is 0 Å². The molecule has 1 aromatic rings. The second-order valence-electron chi connectivity index (χ2n) is 4.70. The molecule has 0 unspecified atom stereocenters. The summed E-state index contributed by atoms with van der Waals surface area (Å²) in [4.78, 5) is 3.21. The Morgan fingerprint density at radius 3 is 2.63 bits per heavy atom. The fourth-order valence-electron chi connectivity index (χ4n) is 2.13. The van der Waals surface area contributed by atoms with Gasteiger partial charge in [0.2, 0.25) is 0 Å². The maximum atomic E-state index is 13.0. The molecule has 0 aromatic heterocycles. The average molecular weight is 287 g/mol. The Balaban J connectivity index is 1.75. The number of hydrogen-bond acceptors (Lipinski definition) is 3. The molecule has 106 valence electrons. The third-order valence-electron chi connectivity index (χ3n) is 3.32. The van der Waals surface area contributed by atoms with E-state index in [1.165, 1.54) is 0 Å². The van der Waals surface area contributed by atoms with Gasteiger partial charge in [-0.3, -0.25) is 0 Å². The molecule has 2 nitrogen and oxygen atoms in total. The van der Waals surface area contributed by atoms with E-state index in [-0.39, 0.29) is 12.8 Å². The lowest BCUT2D eigenvalue weighted by Gasteiger charge is -2.31. The van der Waals surface area contributed by atoms with Crippen molar-refractivity contribution in [3.63, 3.8) is 0 Å². The van der Waals surface area contributed by atoms with E-state index in [0.717, 1.165) is 22.9 Å². The molecule has 0 amide bonds. The molecule has 0 atom stereocenters. The number of para-hydroxylation sites is 1. The van der Waals surface area contributed by atoms with Crippen LogP contribution in [0.1, 0.15) is 12.8 Å². The molecule has 1 aliphatic rings. The SMILES string of the molecule is COc1ccccc1SCCN1CCC(F)(F)CC1. The van der Waals surface area contributed by atoms with Crippen molar-refractivity contribution < 1.29 is 13.5 Å². The molecule has 0 bridgehead atoms. The molecule has 0 spiro atoms. The third-order valence-corrected chi connectivity index (χ3v) is 4.36. The van der Waals surface area contributed by atoms with Crippen LogP contribution in [-0.2, 0) is 0 Å². The van der Waals surface area contributed by atoms with Crippen LogP contribution in [0.2, 0.25) is 0 Å². The van der Waals surface area contributed by atoms with Crippen molar-refractivity contribution >= 4 is 11.8 Å². The van der Waals surface area contributed by atoms with Gasteiger partial charge in [-0.1, -0.05) is 12.1 Å². The number of piperidine rings is 1. The van der Waals surface area contributed by atoms with Crippen LogP contribution in [0.15, 0.2) is 29.2 Å². The molecule has 0 radical (unpaired) electrons. The molecule has 1 aliphatic heterocycles. The molecule has 0 aliphatic carbocycles. The smallest absolute Gasteiger partial charge is 0.250 e. The van der Waals surface area contributed by atoms with Gasteiger partial charge in [0.25, 0.3) is 5.92 Å². The first kappa shape index (κ1) is 14.6. The Kier molecular flexibility index (Phi) is 5.05.